The lowest BCUT2D eigenvalue weighted by molar-refractivity contribution is 0.105. The van der Waals surface area contributed by atoms with Gasteiger partial charge in [-0.2, -0.15) is 0 Å². The Kier molecular flexibility index (Phi) is 8.64. The van der Waals surface area contributed by atoms with Crippen LogP contribution in [0.1, 0.15) is 59.3 Å². The van der Waals surface area contributed by atoms with Crippen LogP contribution in [0.15, 0.2) is 24.0 Å². The van der Waals surface area contributed by atoms with Crippen molar-refractivity contribution in [1.82, 2.24) is 4.90 Å². The molecule has 0 N–H and O–H groups in total. The quantitative estimate of drug-likeness (QED) is 0.495. The van der Waals surface area contributed by atoms with Crippen LogP contribution in [0.2, 0.25) is 0 Å². The number of nitrogens with zero attached hydrogens (tertiary/aromatic N) is 1. The molecule has 2 nitrogen and oxygen atoms in total. The van der Waals surface area contributed by atoms with E-state index < -0.39 is 0 Å². The Morgan fingerprint density at radius 1 is 1.21 bits per heavy atom. The van der Waals surface area contributed by atoms with Gasteiger partial charge >= 0.3 is 0 Å². The van der Waals surface area contributed by atoms with Crippen LogP contribution in [0.4, 0.5) is 0 Å². The molecule has 0 aromatic rings. The first-order chi connectivity index (χ1) is 9.26. The molecule has 1 aliphatic rings. The van der Waals surface area contributed by atoms with E-state index in [9.17, 15) is 0 Å². The predicted molar refractivity (Wildman–Crippen MR) is 83.3 cm³/mol. The fourth-order valence-electron chi connectivity index (χ4n) is 2.49. The van der Waals surface area contributed by atoms with Gasteiger partial charge in [0.1, 0.15) is 0 Å². The second-order valence-corrected chi connectivity index (χ2v) is 5.49. The maximum Gasteiger partial charge on any atom is 0.0966 e. The summed E-state index contributed by atoms with van der Waals surface area (Å²) in [4.78, 5) is 2.61. The van der Waals surface area contributed by atoms with Gasteiger partial charge in [0.25, 0.3) is 0 Å². The molecule has 0 aliphatic carbocycles. The van der Waals surface area contributed by atoms with Gasteiger partial charge in [-0.15, -0.1) is 0 Å². The summed E-state index contributed by atoms with van der Waals surface area (Å²) in [5.74, 6) is 1.10. The van der Waals surface area contributed by atoms with E-state index in [1.165, 1.54) is 45.3 Å². The Labute approximate surface area is 119 Å². The summed E-state index contributed by atoms with van der Waals surface area (Å²) in [5, 5.41) is 0. The molecular formula is C17H31NO. The summed E-state index contributed by atoms with van der Waals surface area (Å²) in [6, 6.07) is 0. The van der Waals surface area contributed by atoms with Crippen molar-refractivity contribution in [2.24, 2.45) is 0 Å². The molecule has 1 atom stereocenters. The molecule has 1 unspecified atom stereocenters. The van der Waals surface area contributed by atoms with Crippen molar-refractivity contribution >= 4 is 0 Å². The smallest absolute Gasteiger partial charge is 0.0966 e. The number of allylic oxidation sites excluding steroid dienone is 4. The highest BCUT2D eigenvalue weighted by Gasteiger charge is 2.11. The van der Waals surface area contributed by atoms with Gasteiger partial charge in [-0.05, 0) is 52.3 Å². The molecule has 2 heteroatoms. The SMILES string of the molecule is C/C=C\C=C(/CC)OC(C)CCN1CCCCCC1. The van der Waals surface area contributed by atoms with Crippen LogP contribution in [-0.2, 0) is 4.74 Å². The average molecular weight is 265 g/mol. The Morgan fingerprint density at radius 3 is 2.47 bits per heavy atom. The lowest BCUT2D eigenvalue weighted by Crippen LogP contribution is -2.28. The third-order valence-corrected chi connectivity index (χ3v) is 3.73. The van der Waals surface area contributed by atoms with Gasteiger partial charge in [0.15, 0.2) is 0 Å². The van der Waals surface area contributed by atoms with Crippen molar-refractivity contribution in [3.8, 4) is 0 Å². The first-order valence-corrected chi connectivity index (χ1v) is 7.97. The Hall–Kier alpha value is -0.760. The number of rotatable bonds is 7. The van der Waals surface area contributed by atoms with E-state index in [4.69, 9.17) is 4.74 Å². The summed E-state index contributed by atoms with van der Waals surface area (Å²) in [5.41, 5.74) is 0. The highest BCUT2D eigenvalue weighted by atomic mass is 16.5. The van der Waals surface area contributed by atoms with Crippen molar-refractivity contribution < 1.29 is 4.74 Å². The summed E-state index contributed by atoms with van der Waals surface area (Å²) in [6.07, 6.45) is 14.2. The van der Waals surface area contributed by atoms with Gasteiger partial charge in [0.05, 0.1) is 11.9 Å². The second-order valence-electron chi connectivity index (χ2n) is 5.49. The van der Waals surface area contributed by atoms with Crippen LogP contribution in [0.5, 0.6) is 0 Å². The minimum Gasteiger partial charge on any atom is -0.495 e. The van der Waals surface area contributed by atoms with Crippen molar-refractivity contribution in [2.75, 3.05) is 19.6 Å². The summed E-state index contributed by atoms with van der Waals surface area (Å²) >= 11 is 0. The molecule has 1 rings (SSSR count). The molecule has 0 saturated carbocycles. The Balaban J connectivity index is 2.27. The van der Waals surface area contributed by atoms with E-state index >= 15 is 0 Å². The van der Waals surface area contributed by atoms with Crippen molar-refractivity contribution in [2.45, 2.75) is 65.4 Å². The zero-order valence-corrected chi connectivity index (χ0v) is 13.0. The standard InChI is InChI=1S/C17H31NO/c1-4-6-11-17(5-2)19-16(3)12-15-18-13-9-7-8-10-14-18/h4,6,11,16H,5,7-10,12-15H2,1-3H3/b6-4-,17-11+. The Bertz CT molecular complexity index is 275. The molecule has 1 saturated heterocycles. The molecule has 0 spiro atoms. The van der Waals surface area contributed by atoms with Crippen molar-refractivity contribution in [3.05, 3.63) is 24.0 Å². The van der Waals surface area contributed by atoms with Gasteiger partial charge in [0.2, 0.25) is 0 Å². The summed E-state index contributed by atoms with van der Waals surface area (Å²) in [6.45, 7) is 10.1. The average Bonchev–Trinajstić information content (AvgIpc) is 2.69. The largest absolute Gasteiger partial charge is 0.495 e. The minimum absolute atomic E-state index is 0.319. The first kappa shape index (κ1) is 16.3. The molecule has 1 fully saturated rings. The molecule has 110 valence electrons. The molecule has 19 heavy (non-hydrogen) atoms. The summed E-state index contributed by atoms with van der Waals surface area (Å²) < 4.78 is 6.01. The number of hydrogen-bond donors (Lipinski definition) is 0. The number of ether oxygens (including phenoxy) is 1. The molecule has 0 amide bonds. The van der Waals surface area contributed by atoms with E-state index in [2.05, 4.69) is 30.9 Å². The van der Waals surface area contributed by atoms with Gasteiger partial charge < -0.3 is 9.64 Å². The lowest BCUT2D eigenvalue weighted by Gasteiger charge is -2.23. The maximum atomic E-state index is 6.01. The van der Waals surface area contributed by atoms with Crippen molar-refractivity contribution in [1.29, 1.82) is 0 Å². The second kappa shape index (κ2) is 10.1. The molecule has 0 radical (unpaired) electrons. The van der Waals surface area contributed by atoms with Crippen LogP contribution in [0.3, 0.4) is 0 Å². The Morgan fingerprint density at radius 2 is 1.89 bits per heavy atom. The topological polar surface area (TPSA) is 12.5 Å². The number of likely N-dealkylation sites (tertiary alicyclic amines) is 1. The van der Waals surface area contributed by atoms with E-state index in [0.29, 0.717) is 6.10 Å². The van der Waals surface area contributed by atoms with Gasteiger partial charge in [-0.3, -0.25) is 0 Å². The number of hydrogen-bond acceptors (Lipinski definition) is 2. The van der Waals surface area contributed by atoms with Crippen molar-refractivity contribution in [3.63, 3.8) is 0 Å². The van der Waals surface area contributed by atoms with E-state index in [1.807, 2.05) is 13.0 Å². The van der Waals surface area contributed by atoms with E-state index in [0.717, 1.165) is 18.6 Å². The van der Waals surface area contributed by atoms with Crippen LogP contribution in [0.25, 0.3) is 0 Å². The third-order valence-electron chi connectivity index (χ3n) is 3.73. The highest BCUT2D eigenvalue weighted by molar-refractivity contribution is 5.06. The molecule has 1 aliphatic heterocycles. The van der Waals surface area contributed by atoms with Crippen LogP contribution >= 0.6 is 0 Å². The monoisotopic (exact) mass is 265 g/mol. The van der Waals surface area contributed by atoms with Gasteiger partial charge in [0, 0.05) is 13.0 Å². The van der Waals surface area contributed by atoms with Gasteiger partial charge in [-0.1, -0.05) is 31.9 Å². The fourth-order valence-corrected chi connectivity index (χ4v) is 2.49. The highest BCUT2D eigenvalue weighted by Crippen LogP contribution is 2.13. The molecular weight excluding hydrogens is 234 g/mol. The first-order valence-electron chi connectivity index (χ1n) is 7.97. The van der Waals surface area contributed by atoms with Crippen LogP contribution in [0, 0.1) is 0 Å². The lowest BCUT2D eigenvalue weighted by atomic mass is 10.2. The zero-order chi connectivity index (χ0) is 13.9. The summed E-state index contributed by atoms with van der Waals surface area (Å²) in [7, 11) is 0. The van der Waals surface area contributed by atoms with Crippen LogP contribution in [-0.4, -0.2) is 30.6 Å². The van der Waals surface area contributed by atoms with Crippen LogP contribution < -0.4 is 0 Å². The predicted octanol–water partition coefficient (Wildman–Crippen LogP) is 4.53. The fraction of sp³-hybridized carbons (Fsp3) is 0.765. The van der Waals surface area contributed by atoms with E-state index in [1.54, 1.807) is 0 Å². The molecule has 0 aromatic carbocycles. The molecule has 1 heterocycles. The van der Waals surface area contributed by atoms with E-state index in [-0.39, 0.29) is 0 Å². The minimum atomic E-state index is 0.319. The molecule has 0 aromatic heterocycles. The maximum absolute atomic E-state index is 6.01. The van der Waals surface area contributed by atoms with Gasteiger partial charge in [-0.25, -0.2) is 0 Å². The third kappa shape index (κ3) is 7.41. The normalized spacial score (nSPS) is 20.5. The molecule has 0 bridgehead atoms. The zero-order valence-electron chi connectivity index (χ0n) is 13.0.